The van der Waals surface area contributed by atoms with Gasteiger partial charge in [0.05, 0.1) is 0 Å². The van der Waals surface area contributed by atoms with E-state index in [1.807, 2.05) is 0 Å². The molecule has 4 rings (SSSR count). The number of hydrogen-bond acceptors (Lipinski definition) is 0. The van der Waals surface area contributed by atoms with Crippen LogP contribution < -0.4 is 0 Å². The third-order valence-corrected chi connectivity index (χ3v) is 6.42. The summed E-state index contributed by atoms with van der Waals surface area (Å²) in [5, 5.41) is 0. The van der Waals surface area contributed by atoms with E-state index >= 15 is 0 Å². The fourth-order valence-electron chi connectivity index (χ4n) is 5.86. The van der Waals surface area contributed by atoms with Crippen molar-refractivity contribution in [1.29, 1.82) is 0 Å². The lowest BCUT2D eigenvalue weighted by atomic mass is 9.62. The van der Waals surface area contributed by atoms with Crippen LogP contribution in [0.5, 0.6) is 0 Å². The largest absolute Gasteiger partial charge is 0.0625 e. The molecule has 0 saturated heterocycles. The molecule has 0 heteroatoms. The Labute approximate surface area is 117 Å². The van der Waals surface area contributed by atoms with E-state index < -0.39 is 0 Å². The standard InChI is InChI=1S/C19H26/c1-13-10-16-12-15-8-5-9-17(15)19(18(16)11-13)14-6-3-2-4-7-14/h2-4,6-7,13,15-19H,5,8-12H2,1H3/t13?,15?,16?,17-,18?,19?/m1/s1. The molecule has 5 unspecified atom stereocenters. The van der Waals surface area contributed by atoms with Crippen molar-refractivity contribution < 1.29 is 0 Å². The first-order valence-electron chi connectivity index (χ1n) is 8.38. The molecule has 0 aliphatic heterocycles. The summed E-state index contributed by atoms with van der Waals surface area (Å²) in [6.07, 6.45) is 9.08. The summed E-state index contributed by atoms with van der Waals surface area (Å²) in [4.78, 5) is 0. The molecule has 0 aromatic heterocycles. The fourth-order valence-corrected chi connectivity index (χ4v) is 5.86. The van der Waals surface area contributed by atoms with Crippen LogP contribution in [-0.2, 0) is 0 Å². The van der Waals surface area contributed by atoms with E-state index in [4.69, 9.17) is 0 Å². The molecule has 3 saturated carbocycles. The van der Waals surface area contributed by atoms with Crippen LogP contribution in [0.3, 0.4) is 0 Å². The number of hydrogen-bond donors (Lipinski definition) is 0. The summed E-state index contributed by atoms with van der Waals surface area (Å²) in [6.45, 7) is 2.48. The summed E-state index contributed by atoms with van der Waals surface area (Å²) in [5.41, 5.74) is 1.66. The van der Waals surface area contributed by atoms with Crippen LogP contribution in [0.15, 0.2) is 30.3 Å². The summed E-state index contributed by atoms with van der Waals surface area (Å²) in [6, 6.07) is 11.5. The van der Waals surface area contributed by atoms with Gasteiger partial charge in [-0.05, 0) is 66.8 Å². The fraction of sp³-hybridized carbons (Fsp3) is 0.684. The van der Waals surface area contributed by atoms with Gasteiger partial charge in [0.1, 0.15) is 0 Å². The molecular formula is C19H26. The Morgan fingerprint density at radius 3 is 2.53 bits per heavy atom. The van der Waals surface area contributed by atoms with E-state index in [-0.39, 0.29) is 0 Å². The first kappa shape index (κ1) is 12.0. The highest BCUT2D eigenvalue weighted by Gasteiger charge is 2.49. The van der Waals surface area contributed by atoms with Gasteiger partial charge in [0, 0.05) is 0 Å². The number of rotatable bonds is 1. The van der Waals surface area contributed by atoms with Crippen LogP contribution in [0.1, 0.15) is 56.9 Å². The van der Waals surface area contributed by atoms with Crippen molar-refractivity contribution in [3.63, 3.8) is 0 Å². The van der Waals surface area contributed by atoms with Crippen LogP contribution in [0.4, 0.5) is 0 Å². The number of benzene rings is 1. The molecule has 6 atom stereocenters. The molecule has 0 amide bonds. The van der Waals surface area contributed by atoms with E-state index in [1.165, 1.54) is 32.1 Å². The van der Waals surface area contributed by atoms with Crippen molar-refractivity contribution in [2.45, 2.75) is 51.4 Å². The van der Waals surface area contributed by atoms with Gasteiger partial charge in [-0.25, -0.2) is 0 Å². The Morgan fingerprint density at radius 2 is 1.68 bits per heavy atom. The Morgan fingerprint density at radius 1 is 0.842 bits per heavy atom. The average molecular weight is 254 g/mol. The molecule has 0 bridgehead atoms. The molecule has 0 spiro atoms. The first-order valence-corrected chi connectivity index (χ1v) is 8.38. The van der Waals surface area contributed by atoms with Gasteiger partial charge in [0.2, 0.25) is 0 Å². The molecule has 1 aromatic carbocycles. The van der Waals surface area contributed by atoms with Crippen molar-refractivity contribution in [1.82, 2.24) is 0 Å². The van der Waals surface area contributed by atoms with Crippen molar-refractivity contribution in [2.75, 3.05) is 0 Å². The molecule has 0 radical (unpaired) electrons. The molecule has 3 aliphatic rings. The van der Waals surface area contributed by atoms with Crippen LogP contribution >= 0.6 is 0 Å². The quantitative estimate of drug-likeness (QED) is 0.642. The van der Waals surface area contributed by atoms with Gasteiger partial charge in [-0.2, -0.15) is 0 Å². The van der Waals surface area contributed by atoms with Gasteiger partial charge >= 0.3 is 0 Å². The van der Waals surface area contributed by atoms with Crippen LogP contribution in [0.25, 0.3) is 0 Å². The van der Waals surface area contributed by atoms with Crippen molar-refractivity contribution in [3.05, 3.63) is 35.9 Å². The lowest BCUT2D eigenvalue weighted by Gasteiger charge is -2.43. The molecule has 1 aromatic rings. The Hall–Kier alpha value is -0.780. The maximum atomic E-state index is 2.48. The predicted octanol–water partition coefficient (Wildman–Crippen LogP) is 5.25. The molecular weight excluding hydrogens is 228 g/mol. The third-order valence-electron chi connectivity index (χ3n) is 6.42. The zero-order valence-corrected chi connectivity index (χ0v) is 12.1. The van der Waals surface area contributed by atoms with E-state index in [1.54, 1.807) is 12.0 Å². The van der Waals surface area contributed by atoms with Crippen LogP contribution in [0.2, 0.25) is 0 Å². The first-order chi connectivity index (χ1) is 9.33. The van der Waals surface area contributed by atoms with Gasteiger partial charge in [0.15, 0.2) is 0 Å². The highest BCUT2D eigenvalue weighted by Crippen LogP contribution is 2.59. The Balaban J connectivity index is 1.71. The Bertz CT molecular complexity index is 435. The normalized spacial score (nSPS) is 44.9. The summed E-state index contributed by atoms with van der Waals surface area (Å²) in [5.74, 6) is 5.96. The number of fused-ring (bicyclic) bond motifs is 2. The molecule has 0 heterocycles. The SMILES string of the molecule is CC1CC2CC3CCC[C@H]3C(c3ccccc3)C2C1. The van der Waals surface area contributed by atoms with Crippen molar-refractivity contribution >= 4 is 0 Å². The Kier molecular flexibility index (Phi) is 2.94. The smallest absolute Gasteiger partial charge is 0.00999 e. The van der Waals surface area contributed by atoms with Crippen LogP contribution in [-0.4, -0.2) is 0 Å². The zero-order chi connectivity index (χ0) is 12.8. The molecule has 3 fully saturated rings. The predicted molar refractivity (Wildman–Crippen MR) is 80.0 cm³/mol. The molecule has 0 nitrogen and oxygen atoms in total. The highest BCUT2D eigenvalue weighted by molar-refractivity contribution is 5.24. The van der Waals surface area contributed by atoms with Gasteiger partial charge in [-0.3, -0.25) is 0 Å². The van der Waals surface area contributed by atoms with E-state index in [2.05, 4.69) is 37.3 Å². The topological polar surface area (TPSA) is 0 Å². The second-order valence-corrected chi connectivity index (χ2v) is 7.53. The van der Waals surface area contributed by atoms with E-state index in [9.17, 15) is 0 Å². The third kappa shape index (κ3) is 1.95. The lowest BCUT2D eigenvalue weighted by Crippen LogP contribution is -2.33. The van der Waals surface area contributed by atoms with Crippen molar-refractivity contribution in [2.24, 2.45) is 29.6 Å². The van der Waals surface area contributed by atoms with E-state index in [0.717, 1.165) is 35.5 Å². The minimum Gasteiger partial charge on any atom is -0.0625 e. The van der Waals surface area contributed by atoms with Crippen LogP contribution in [0, 0.1) is 29.6 Å². The highest BCUT2D eigenvalue weighted by atomic mass is 14.5. The second kappa shape index (κ2) is 4.65. The van der Waals surface area contributed by atoms with Gasteiger partial charge in [-0.15, -0.1) is 0 Å². The molecule has 19 heavy (non-hydrogen) atoms. The summed E-state index contributed by atoms with van der Waals surface area (Å²) in [7, 11) is 0. The van der Waals surface area contributed by atoms with Gasteiger partial charge in [0.25, 0.3) is 0 Å². The minimum atomic E-state index is 0.886. The second-order valence-electron chi connectivity index (χ2n) is 7.53. The van der Waals surface area contributed by atoms with Gasteiger partial charge in [-0.1, -0.05) is 50.1 Å². The molecule has 0 N–H and O–H groups in total. The minimum absolute atomic E-state index is 0.886. The summed E-state index contributed by atoms with van der Waals surface area (Å²) >= 11 is 0. The van der Waals surface area contributed by atoms with E-state index in [0.29, 0.717) is 0 Å². The molecule has 102 valence electrons. The molecule has 3 aliphatic carbocycles. The lowest BCUT2D eigenvalue weighted by molar-refractivity contribution is 0.122. The maximum Gasteiger partial charge on any atom is -0.00999 e. The average Bonchev–Trinajstić information content (AvgIpc) is 3.01. The van der Waals surface area contributed by atoms with Gasteiger partial charge < -0.3 is 0 Å². The monoisotopic (exact) mass is 254 g/mol. The maximum absolute atomic E-state index is 2.48. The zero-order valence-electron chi connectivity index (χ0n) is 12.1. The summed E-state index contributed by atoms with van der Waals surface area (Å²) < 4.78 is 0. The van der Waals surface area contributed by atoms with Crippen molar-refractivity contribution in [3.8, 4) is 0 Å².